The van der Waals surface area contributed by atoms with Crippen molar-refractivity contribution < 1.29 is 14.6 Å². The van der Waals surface area contributed by atoms with Crippen molar-refractivity contribution >= 4 is 12.0 Å². The van der Waals surface area contributed by atoms with Crippen molar-refractivity contribution in [1.29, 1.82) is 0 Å². The number of aliphatic imine (C=N–C) groups is 1. The Kier molecular flexibility index (Phi) is 4.24. The molecular weight excluding hydrogens is 206 g/mol. The zero-order valence-electron chi connectivity index (χ0n) is 10.1. The number of nitrogens with zero attached hydrogens (tertiary/aromatic N) is 1. The number of rotatable bonds is 4. The molecule has 0 aromatic rings. The molecule has 0 unspecified atom stereocenters. The number of aliphatic hydroxyl groups is 1. The lowest BCUT2D eigenvalue weighted by atomic mass is 9.77. The van der Waals surface area contributed by atoms with E-state index in [0.29, 0.717) is 31.6 Å². The number of methoxy groups -OCH3 is 1. The molecule has 0 radical (unpaired) electrons. The lowest BCUT2D eigenvalue weighted by molar-refractivity contribution is -0.117. The Morgan fingerprint density at radius 2 is 2.19 bits per heavy atom. The van der Waals surface area contributed by atoms with Crippen molar-refractivity contribution in [2.45, 2.75) is 26.7 Å². The molecule has 16 heavy (non-hydrogen) atoms. The van der Waals surface area contributed by atoms with Gasteiger partial charge in [-0.3, -0.25) is 9.79 Å². The first-order chi connectivity index (χ1) is 7.46. The van der Waals surface area contributed by atoms with Crippen LogP contribution in [0.2, 0.25) is 0 Å². The lowest BCUT2D eigenvalue weighted by Crippen LogP contribution is -2.26. The van der Waals surface area contributed by atoms with Crippen molar-refractivity contribution in [2.75, 3.05) is 20.3 Å². The molecule has 0 aromatic heterocycles. The Morgan fingerprint density at radius 3 is 2.75 bits per heavy atom. The van der Waals surface area contributed by atoms with Crippen LogP contribution in [0.5, 0.6) is 0 Å². The van der Waals surface area contributed by atoms with Gasteiger partial charge >= 0.3 is 0 Å². The maximum absolute atomic E-state index is 11.7. The van der Waals surface area contributed by atoms with E-state index in [0.717, 1.165) is 0 Å². The molecule has 0 saturated heterocycles. The van der Waals surface area contributed by atoms with Gasteiger partial charge in [-0.15, -0.1) is 0 Å². The van der Waals surface area contributed by atoms with Crippen molar-refractivity contribution in [2.24, 2.45) is 10.4 Å². The van der Waals surface area contributed by atoms with Gasteiger partial charge in [-0.25, -0.2) is 0 Å². The SMILES string of the molecule is COCCN=CC1=C(O)CC(C)(C)CC1=O. The zero-order chi connectivity index (χ0) is 12.2. The normalized spacial score (nSPS) is 20.8. The van der Waals surface area contributed by atoms with Gasteiger partial charge in [0.2, 0.25) is 0 Å². The van der Waals surface area contributed by atoms with Crippen LogP contribution in [-0.4, -0.2) is 37.4 Å². The van der Waals surface area contributed by atoms with Crippen LogP contribution in [-0.2, 0) is 9.53 Å². The van der Waals surface area contributed by atoms with Crippen LogP contribution in [0.3, 0.4) is 0 Å². The predicted molar refractivity (Wildman–Crippen MR) is 62.9 cm³/mol. The van der Waals surface area contributed by atoms with E-state index in [1.807, 2.05) is 13.8 Å². The molecule has 1 rings (SSSR count). The fraction of sp³-hybridized carbons (Fsp3) is 0.667. The number of carbonyl (C=O) groups excluding carboxylic acids is 1. The molecule has 1 N–H and O–H groups in total. The third-order valence-electron chi connectivity index (χ3n) is 2.54. The number of Topliss-reactive ketones (excluding diaryl/α,β-unsaturated/α-hetero) is 1. The molecule has 1 aliphatic rings. The summed E-state index contributed by atoms with van der Waals surface area (Å²) in [5, 5.41) is 9.77. The molecule has 1 aliphatic carbocycles. The summed E-state index contributed by atoms with van der Waals surface area (Å²) in [7, 11) is 1.60. The van der Waals surface area contributed by atoms with Crippen LogP contribution < -0.4 is 0 Å². The maximum Gasteiger partial charge on any atom is 0.168 e. The first-order valence-corrected chi connectivity index (χ1v) is 5.40. The van der Waals surface area contributed by atoms with Crippen LogP contribution in [0.15, 0.2) is 16.3 Å². The molecule has 0 fully saturated rings. The van der Waals surface area contributed by atoms with E-state index >= 15 is 0 Å². The highest BCUT2D eigenvalue weighted by molar-refractivity contribution is 6.14. The second kappa shape index (κ2) is 5.25. The fourth-order valence-electron chi connectivity index (χ4n) is 1.75. The van der Waals surface area contributed by atoms with Gasteiger partial charge in [0, 0.05) is 26.2 Å². The zero-order valence-corrected chi connectivity index (χ0v) is 10.1. The molecule has 4 nitrogen and oxygen atoms in total. The number of aliphatic hydroxyl groups excluding tert-OH is 1. The van der Waals surface area contributed by atoms with E-state index in [-0.39, 0.29) is 17.0 Å². The second-order valence-corrected chi connectivity index (χ2v) is 4.83. The molecule has 0 spiro atoms. The van der Waals surface area contributed by atoms with Gasteiger partial charge in [0.15, 0.2) is 5.78 Å². The molecule has 0 heterocycles. The number of ether oxygens (including phenoxy) is 1. The predicted octanol–water partition coefficient (Wildman–Crippen LogP) is 1.90. The minimum atomic E-state index is -0.148. The Hall–Kier alpha value is -1.16. The van der Waals surface area contributed by atoms with Crippen molar-refractivity contribution in [3.63, 3.8) is 0 Å². The molecule has 0 amide bonds. The smallest absolute Gasteiger partial charge is 0.168 e. The molecular formula is C12H19NO3. The van der Waals surface area contributed by atoms with E-state index in [1.165, 1.54) is 6.21 Å². The highest BCUT2D eigenvalue weighted by Gasteiger charge is 2.32. The van der Waals surface area contributed by atoms with Crippen LogP contribution in [0.25, 0.3) is 0 Å². The average Bonchev–Trinajstić information content (AvgIpc) is 2.13. The van der Waals surface area contributed by atoms with E-state index in [1.54, 1.807) is 7.11 Å². The van der Waals surface area contributed by atoms with Crippen molar-refractivity contribution in [3.8, 4) is 0 Å². The van der Waals surface area contributed by atoms with Crippen LogP contribution in [0, 0.1) is 5.41 Å². The fourth-order valence-corrected chi connectivity index (χ4v) is 1.75. The number of hydrogen-bond acceptors (Lipinski definition) is 4. The summed E-state index contributed by atoms with van der Waals surface area (Å²) in [4.78, 5) is 15.8. The van der Waals surface area contributed by atoms with Gasteiger partial charge in [-0.1, -0.05) is 13.8 Å². The Labute approximate surface area is 96.0 Å². The summed E-state index contributed by atoms with van der Waals surface area (Å²) in [5.41, 5.74) is 0.209. The van der Waals surface area contributed by atoms with E-state index < -0.39 is 0 Å². The summed E-state index contributed by atoms with van der Waals surface area (Å²) in [6.07, 6.45) is 2.46. The molecule has 0 aromatic carbocycles. The van der Waals surface area contributed by atoms with Gasteiger partial charge in [-0.2, -0.15) is 0 Å². The first-order valence-electron chi connectivity index (χ1n) is 5.40. The second-order valence-electron chi connectivity index (χ2n) is 4.83. The summed E-state index contributed by atoms with van der Waals surface area (Å²) >= 11 is 0. The molecule has 0 saturated carbocycles. The highest BCUT2D eigenvalue weighted by Crippen LogP contribution is 2.34. The third-order valence-corrected chi connectivity index (χ3v) is 2.54. The minimum Gasteiger partial charge on any atom is -0.511 e. The number of carbonyl (C=O) groups is 1. The topological polar surface area (TPSA) is 58.9 Å². The van der Waals surface area contributed by atoms with Crippen LogP contribution >= 0.6 is 0 Å². The monoisotopic (exact) mass is 225 g/mol. The van der Waals surface area contributed by atoms with Gasteiger partial charge < -0.3 is 9.84 Å². The Morgan fingerprint density at radius 1 is 1.50 bits per heavy atom. The van der Waals surface area contributed by atoms with Crippen molar-refractivity contribution in [1.82, 2.24) is 0 Å². The molecule has 90 valence electrons. The molecule has 4 heteroatoms. The summed E-state index contributed by atoms with van der Waals surface area (Å²) < 4.78 is 4.84. The van der Waals surface area contributed by atoms with Gasteiger partial charge in [-0.05, 0) is 5.41 Å². The molecule has 0 atom stereocenters. The third kappa shape index (κ3) is 3.45. The largest absolute Gasteiger partial charge is 0.511 e. The quantitative estimate of drug-likeness (QED) is 0.587. The minimum absolute atomic E-state index is 0.0325. The van der Waals surface area contributed by atoms with E-state index in [2.05, 4.69) is 4.99 Å². The lowest BCUT2D eigenvalue weighted by Gasteiger charge is -2.28. The van der Waals surface area contributed by atoms with Gasteiger partial charge in [0.1, 0.15) is 5.76 Å². The van der Waals surface area contributed by atoms with Crippen LogP contribution in [0.1, 0.15) is 26.7 Å². The maximum atomic E-state index is 11.7. The number of allylic oxidation sites excluding steroid dienone is 2. The Balaban J connectivity index is 2.71. The first kappa shape index (κ1) is 12.9. The van der Waals surface area contributed by atoms with E-state index in [9.17, 15) is 9.90 Å². The molecule has 0 bridgehead atoms. The Bertz CT molecular complexity index is 329. The van der Waals surface area contributed by atoms with Gasteiger partial charge in [0.25, 0.3) is 0 Å². The average molecular weight is 225 g/mol. The van der Waals surface area contributed by atoms with Gasteiger partial charge in [0.05, 0.1) is 18.7 Å². The molecule has 0 aliphatic heterocycles. The standard InChI is InChI=1S/C12H19NO3/c1-12(2)6-10(14)9(11(15)7-12)8-13-4-5-16-3/h8,14H,4-7H2,1-3H3. The van der Waals surface area contributed by atoms with E-state index in [4.69, 9.17) is 4.74 Å². The number of ketones is 1. The summed E-state index contributed by atoms with van der Waals surface area (Å²) in [6, 6.07) is 0. The summed E-state index contributed by atoms with van der Waals surface area (Å²) in [5.74, 6) is 0.123. The highest BCUT2D eigenvalue weighted by atomic mass is 16.5. The summed E-state index contributed by atoms with van der Waals surface area (Å²) in [6.45, 7) is 4.97. The number of hydrogen-bond donors (Lipinski definition) is 1. The van der Waals surface area contributed by atoms with Crippen molar-refractivity contribution in [3.05, 3.63) is 11.3 Å². The van der Waals surface area contributed by atoms with Crippen LogP contribution in [0.4, 0.5) is 0 Å².